The summed E-state index contributed by atoms with van der Waals surface area (Å²) in [6.45, 7) is 0. The van der Waals surface area contributed by atoms with Crippen LogP contribution in [0.5, 0.6) is 5.75 Å². The van der Waals surface area contributed by atoms with Gasteiger partial charge in [0, 0.05) is 18.7 Å². The molecule has 3 heterocycles. The fraction of sp³-hybridized carbons (Fsp3) is 0.182. The van der Waals surface area contributed by atoms with Gasteiger partial charge in [0.15, 0.2) is 17.3 Å². The molecule has 0 amide bonds. The van der Waals surface area contributed by atoms with Crippen molar-refractivity contribution in [1.29, 1.82) is 0 Å². The maximum absolute atomic E-state index is 13.9. The molecule has 0 spiro atoms. The van der Waals surface area contributed by atoms with E-state index in [0.717, 1.165) is 11.6 Å². The van der Waals surface area contributed by atoms with Crippen molar-refractivity contribution in [3.63, 3.8) is 0 Å². The van der Waals surface area contributed by atoms with Crippen molar-refractivity contribution in [3.05, 3.63) is 72.5 Å². The molecule has 150 valence electrons. The molecule has 0 saturated carbocycles. The summed E-state index contributed by atoms with van der Waals surface area (Å²) >= 11 is 0. The lowest BCUT2D eigenvalue weighted by Gasteiger charge is -2.23. The number of allylic oxidation sites excluding steroid dienone is 1. The summed E-state index contributed by atoms with van der Waals surface area (Å²) in [5.74, 6) is -0.892. The molecule has 0 bridgehead atoms. The van der Waals surface area contributed by atoms with Crippen molar-refractivity contribution < 1.29 is 17.9 Å². The Morgan fingerprint density at radius 3 is 2.70 bits per heavy atom. The third-order valence-corrected chi connectivity index (χ3v) is 4.96. The number of aromatic nitrogens is 4. The summed E-state index contributed by atoms with van der Waals surface area (Å²) in [5.41, 5.74) is 3.61. The maximum Gasteiger partial charge on any atom is 0.247 e. The van der Waals surface area contributed by atoms with Crippen LogP contribution in [0.2, 0.25) is 0 Å². The van der Waals surface area contributed by atoms with Crippen molar-refractivity contribution in [1.82, 2.24) is 19.9 Å². The molecule has 30 heavy (non-hydrogen) atoms. The first kappa shape index (κ1) is 18.4. The van der Waals surface area contributed by atoms with E-state index in [2.05, 4.69) is 15.0 Å². The number of halogens is 2. The summed E-state index contributed by atoms with van der Waals surface area (Å²) in [6.07, 6.45) is 10.0. The molecule has 4 aromatic rings. The number of rotatable bonds is 4. The molecule has 1 aliphatic rings. The molecule has 0 aliphatic heterocycles. The molecule has 1 atom stereocenters. The van der Waals surface area contributed by atoms with Crippen LogP contribution in [0.4, 0.5) is 8.78 Å². The van der Waals surface area contributed by atoms with Gasteiger partial charge >= 0.3 is 0 Å². The molecule has 1 aliphatic carbocycles. The van der Waals surface area contributed by atoms with Crippen LogP contribution in [-0.4, -0.2) is 26.0 Å². The summed E-state index contributed by atoms with van der Waals surface area (Å²) in [7, 11) is 0. The zero-order valence-corrected chi connectivity index (χ0v) is 15.8. The average molecular weight is 406 g/mol. The van der Waals surface area contributed by atoms with Gasteiger partial charge in [0.25, 0.3) is 0 Å². The van der Waals surface area contributed by atoms with Crippen LogP contribution in [-0.2, 0) is 0 Å². The third kappa shape index (κ3) is 3.52. The quantitative estimate of drug-likeness (QED) is 0.476. The Balaban J connectivity index is 1.45. The minimum atomic E-state index is -0.705. The Labute approximate surface area is 170 Å². The van der Waals surface area contributed by atoms with Gasteiger partial charge in [-0.2, -0.15) is 0 Å². The first-order chi connectivity index (χ1) is 14.7. The molecule has 3 aromatic heterocycles. The molecule has 0 N–H and O–H groups in total. The van der Waals surface area contributed by atoms with Crippen LogP contribution < -0.4 is 4.74 Å². The zero-order chi connectivity index (χ0) is 20.5. The summed E-state index contributed by atoms with van der Waals surface area (Å²) in [5, 5.41) is 0. The number of hydrogen-bond donors (Lipinski definition) is 0. The lowest BCUT2D eigenvalue weighted by molar-refractivity contribution is 0.183. The number of pyridine rings is 1. The van der Waals surface area contributed by atoms with Crippen molar-refractivity contribution in [2.75, 3.05) is 0 Å². The van der Waals surface area contributed by atoms with Gasteiger partial charge in [0.1, 0.15) is 23.7 Å². The van der Waals surface area contributed by atoms with E-state index in [0.29, 0.717) is 47.6 Å². The highest BCUT2D eigenvalue weighted by atomic mass is 19.1. The molecule has 0 saturated heterocycles. The van der Waals surface area contributed by atoms with E-state index < -0.39 is 11.6 Å². The topological polar surface area (TPSA) is 73.9 Å². The molecule has 0 fully saturated rings. The van der Waals surface area contributed by atoms with E-state index >= 15 is 0 Å². The number of oxazole rings is 1. The van der Waals surface area contributed by atoms with Gasteiger partial charge in [-0.25, -0.2) is 23.7 Å². The Morgan fingerprint density at radius 1 is 1.03 bits per heavy atom. The number of nitrogens with zero attached hydrogens (tertiary/aromatic N) is 4. The lowest BCUT2D eigenvalue weighted by atomic mass is 9.93. The molecular weight excluding hydrogens is 390 g/mol. The van der Waals surface area contributed by atoms with Crippen molar-refractivity contribution in [3.8, 4) is 17.3 Å². The van der Waals surface area contributed by atoms with Crippen molar-refractivity contribution in [2.45, 2.75) is 25.4 Å². The lowest BCUT2D eigenvalue weighted by Crippen LogP contribution is -2.20. The number of fused-ring (bicyclic) bond motifs is 1. The minimum Gasteiger partial charge on any atom is -0.487 e. The molecule has 8 heteroatoms. The van der Waals surface area contributed by atoms with E-state index in [9.17, 15) is 8.78 Å². The van der Waals surface area contributed by atoms with Gasteiger partial charge in [-0.15, -0.1) is 0 Å². The van der Waals surface area contributed by atoms with Gasteiger partial charge in [0.2, 0.25) is 5.89 Å². The first-order valence-electron chi connectivity index (χ1n) is 9.50. The SMILES string of the molecule is Fc1ccc(OC2CC=C(c3nc4cnccc4nc3-c3ncco3)CC2)c(F)c1. The fourth-order valence-electron chi connectivity index (χ4n) is 3.50. The van der Waals surface area contributed by atoms with E-state index in [-0.39, 0.29) is 11.9 Å². The second kappa shape index (κ2) is 7.62. The van der Waals surface area contributed by atoms with Crippen LogP contribution in [0.3, 0.4) is 0 Å². The predicted octanol–water partition coefficient (Wildman–Crippen LogP) is 4.97. The highest BCUT2D eigenvalue weighted by Crippen LogP contribution is 2.34. The molecule has 1 aromatic carbocycles. The van der Waals surface area contributed by atoms with Gasteiger partial charge in [0.05, 0.1) is 23.6 Å². The fourth-order valence-corrected chi connectivity index (χ4v) is 3.50. The maximum atomic E-state index is 13.9. The second-order valence-corrected chi connectivity index (χ2v) is 6.94. The van der Waals surface area contributed by atoms with Crippen LogP contribution in [0.1, 0.15) is 25.0 Å². The Bertz CT molecular complexity index is 1240. The Morgan fingerprint density at radius 2 is 1.93 bits per heavy atom. The van der Waals surface area contributed by atoms with E-state index in [1.54, 1.807) is 24.7 Å². The van der Waals surface area contributed by atoms with Crippen molar-refractivity contribution in [2.24, 2.45) is 0 Å². The van der Waals surface area contributed by atoms with Gasteiger partial charge in [-0.3, -0.25) is 4.98 Å². The normalized spacial score (nSPS) is 16.5. The second-order valence-electron chi connectivity index (χ2n) is 6.94. The van der Waals surface area contributed by atoms with Crippen molar-refractivity contribution >= 4 is 16.6 Å². The summed E-state index contributed by atoms with van der Waals surface area (Å²) in [4.78, 5) is 17.8. The van der Waals surface area contributed by atoms with Crippen LogP contribution >= 0.6 is 0 Å². The minimum absolute atomic E-state index is 0.0512. The van der Waals surface area contributed by atoms with Gasteiger partial charge in [-0.05, 0) is 36.6 Å². The first-order valence-corrected chi connectivity index (χ1v) is 9.50. The predicted molar refractivity (Wildman–Crippen MR) is 105 cm³/mol. The molecule has 1 unspecified atom stereocenters. The molecule has 0 radical (unpaired) electrons. The molecule has 5 rings (SSSR count). The smallest absolute Gasteiger partial charge is 0.247 e. The van der Waals surface area contributed by atoms with E-state index in [1.165, 1.54) is 18.4 Å². The van der Waals surface area contributed by atoms with E-state index in [4.69, 9.17) is 14.1 Å². The monoisotopic (exact) mass is 406 g/mol. The third-order valence-electron chi connectivity index (χ3n) is 4.96. The van der Waals surface area contributed by atoms with Crippen LogP contribution in [0.15, 0.2) is 59.6 Å². The van der Waals surface area contributed by atoms with E-state index in [1.807, 2.05) is 6.08 Å². The Kier molecular flexibility index (Phi) is 4.66. The number of benzene rings is 1. The van der Waals surface area contributed by atoms with Crippen LogP contribution in [0, 0.1) is 11.6 Å². The highest BCUT2D eigenvalue weighted by Gasteiger charge is 2.23. The van der Waals surface area contributed by atoms with Gasteiger partial charge in [-0.1, -0.05) is 6.08 Å². The zero-order valence-electron chi connectivity index (χ0n) is 15.8. The molecular formula is C22H16F2N4O2. The largest absolute Gasteiger partial charge is 0.487 e. The Hall–Kier alpha value is -3.68. The number of ether oxygens (including phenoxy) is 1. The summed E-state index contributed by atoms with van der Waals surface area (Å²) < 4.78 is 38.2. The standard InChI is InChI=1S/C22H16F2N4O2/c23-14-3-6-19(16(24)11-14)30-15-4-1-13(2-5-15)20-21(22-26-9-10-29-22)27-17-7-8-25-12-18(17)28-20/h1,3,6-12,15H,2,4-5H2. The van der Waals surface area contributed by atoms with Crippen LogP contribution in [0.25, 0.3) is 28.2 Å². The average Bonchev–Trinajstić information content (AvgIpc) is 3.30. The highest BCUT2D eigenvalue weighted by molar-refractivity contribution is 5.82. The molecule has 6 nitrogen and oxygen atoms in total. The summed E-state index contributed by atoms with van der Waals surface area (Å²) in [6, 6.07) is 5.10. The number of hydrogen-bond acceptors (Lipinski definition) is 6. The van der Waals surface area contributed by atoms with Gasteiger partial charge < -0.3 is 9.15 Å².